The summed E-state index contributed by atoms with van der Waals surface area (Å²) in [6.07, 6.45) is 11.9. The molecule has 116 valence electrons. The van der Waals surface area contributed by atoms with E-state index in [1.54, 1.807) is 0 Å². The van der Waals surface area contributed by atoms with E-state index in [0.29, 0.717) is 29.6 Å². The summed E-state index contributed by atoms with van der Waals surface area (Å²) in [5, 5.41) is 11.0. The number of rotatable bonds is 4. The minimum atomic E-state index is -0.230. The predicted octanol–water partition coefficient (Wildman–Crippen LogP) is 4.69. The summed E-state index contributed by atoms with van der Waals surface area (Å²) in [5.74, 6) is 3.09. The molecule has 0 aliphatic heterocycles. The third-order valence-corrected chi connectivity index (χ3v) is 6.18. The molecule has 1 aromatic rings. The molecule has 0 radical (unpaired) electrons. The van der Waals surface area contributed by atoms with Gasteiger partial charge in [0.2, 0.25) is 0 Å². The van der Waals surface area contributed by atoms with Crippen molar-refractivity contribution >= 4 is 6.08 Å². The van der Waals surface area contributed by atoms with E-state index in [1.807, 2.05) is 0 Å². The molecule has 22 heavy (non-hydrogen) atoms. The lowest BCUT2D eigenvalue weighted by Crippen LogP contribution is -2.24. The molecule has 1 nitrogen and oxygen atoms in total. The Morgan fingerprint density at radius 2 is 1.82 bits per heavy atom. The molecule has 2 saturated carbocycles. The molecular weight excluding hydrogens is 268 g/mol. The van der Waals surface area contributed by atoms with E-state index >= 15 is 0 Å². The molecule has 2 fully saturated rings. The van der Waals surface area contributed by atoms with Crippen molar-refractivity contribution in [3.8, 4) is 0 Å². The molecule has 4 rings (SSSR count). The Morgan fingerprint density at radius 3 is 2.55 bits per heavy atom. The number of benzene rings is 1. The van der Waals surface area contributed by atoms with E-state index in [0.717, 1.165) is 0 Å². The van der Waals surface area contributed by atoms with Crippen LogP contribution in [0.3, 0.4) is 0 Å². The van der Waals surface area contributed by atoms with Gasteiger partial charge >= 0.3 is 0 Å². The number of aliphatic hydroxyl groups excluding tert-OH is 1. The number of aliphatic hydroxyl groups is 1. The van der Waals surface area contributed by atoms with Gasteiger partial charge in [0.1, 0.15) is 0 Å². The van der Waals surface area contributed by atoms with E-state index in [9.17, 15) is 5.11 Å². The van der Waals surface area contributed by atoms with Crippen LogP contribution in [0.15, 0.2) is 48.1 Å². The SMILES string of the molecule is CCCC[C@@H]1/C(=C\c2ccccc2)[C@@H](O)[C@@H]2[C@H]1[C@H]1C=C[C@@H]2C1. The number of hydrogen-bond acceptors (Lipinski definition) is 1. The summed E-state index contributed by atoms with van der Waals surface area (Å²) in [4.78, 5) is 0. The zero-order valence-electron chi connectivity index (χ0n) is 13.4. The second-order valence-electron chi connectivity index (χ2n) is 7.35. The minimum Gasteiger partial charge on any atom is -0.388 e. The molecule has 3 aliphatic rings. The van der Waals surface area contributed by atoms with Gasteiger partial charge in [-0.05, 0) is 53.6 Å². The third-order valence-electron chi connectivity index (χ3n) is 6.18. The van der Waals surface area contributed by atoms with Crippen molar-refractivity contribution in [1.29, 1.82) is 0 Å². The summed E-state index contributed by atoms with van der Waals surface area (Å²) >= 11 is 0. The number of fused-ring (bicyclic) bond motifs is 5. The van der Waals surface area contributed by atoms with Crippen molar-refractivity contribution in [3.05, 3.63) is 53.6 Å². The summed E-state index contributed by atoms with van der Waals surface area (Å²) in [6, 6.07) is 10.5. The molecule has 0 amide bonds. The lowest BCUT2D eigenvalue weighted by atomic mass is 9.78. The Labute approximate surface area is 133 Å². The Balaban J connectivity index is 1.69. The lowest BCUT2D eigenvalue weighted by molar-refractivity contribution is 0.128. The maximum Gasteiger partial charge on any atom is 0.0793 e. The normalized spacial score (nSPS) is 40.5. The monoisotopic (exact) mass is 294 g/mol. The number of hydrogen-bond donors (Lipinski definition) is 1. The Kier molecular flexibility index (Phi) is 3.69. The standard InChI is InChI=1S/C21H26O/c1-2-3-9-17-18(12-14-7-5-4-6-8-14)21(22)20-16-11-10-15(13-16)19(17)20/h4-8,10-12,15-17,19-22H,2-3,9,13H2,1H3/b18-12+/t15-,16+,17+,19-,20-,21+/m0/s1. The highest BCUT2D eigenvalue weighted by Gasteiger charge is 2.56. The largest absolute Gasteiger partial charge is 0.388 e. The van der Waals surface area contributed by atoms with E-state index in [-0.39, 0.29) is 6.10 Å². The maximum absolute atomic E-state index is 11.0. The van der Waals surface area contributed by atoms with Crippen LogP contribution < -0.4 is 0 Å². The third kappa shape index (κ3) is 2.18. The summed E-state index contributed by atoms with van der Waals surface area (Å²) < 4.78 is 0. The van der Waals surface area contributed by atoms with Crippen molar-refractivity contribution < 1.29 is 5.11 Å². The molecular formula is C21H26O. The fourth-order valence-corrected chi connectivity index (χ4v) is 5.29. The molecule has 1 N–H and O–H groups in total. The van der Waals surface area contributed by atoms with Gasteiger partial charge in [-0.1, -0.05) is 68.3 Å². The average Bonchev–Trinajstić information content (AvgIpc) is 3.21. The first-order valence-corrected chi connectivity index (χ1v) is 8.92. The topological polar surface area (TPSA) is 20.2 Å². The van der Waals surface area contributed by atoms with Crippen molar-refractivity contribution in [2.45, 2.75) is 38.7 Å². The van der Waals surface area contributed by atoms with Crippen LogP contribution in [0.25, 0.3) is 6.08 Å². The fourth-order valence-electron chi connectivity index (χ4n) is 5.29. The molecule has 0 saturated heterocycles. The van der Waals surface area contributed by atoms with Gasteiger partial charge < -0.3 is 5.11 Å². The molecule has 6 atom stereocenters. The highest BCUT2D eigenvalue weighted by Crippen LogP contribution is 2.60. The van der Waals surface area contributed by atoms with Crippen molar-refractivity contribution in [1.82, 2.24) is 0 Å². The molecule has 1 aromatic carbocycles. The van der Waals surface area contributed by atoms with E-state index < -0.39 is 0 Å². The number of allylic oxidation sites excluding steroid dienone is 2. The van der Waals surface area contributed by atoms with Crippen molar-refractivity contribution in [3.63, 3.8) is 0 Å². The average molecular weight is 294 g/mol. The lowest BCUT2D eigenvalue weighted by Gasteiger charge is -2.26. The first-order valence-electron chi connectivity index (χ1n) is 8.92. The van der Waals surface area contributed by atoms with Gasteiger partial charge in [-0.2, -0.15) is 0 Å². The van der Waals surface area contributed by atoms with Crippen LogP contribution in [0.2, 0.25) is 0 Å². The van der Waals surface area contributed by atoms with Crippen LogP contribution in [0.4, 0.5) is 0 Å². The van der Waals surface area contributed by atoms with Gasteiger partial charge in [0, 0.05) is 0 Å². The highest BCUT2D eigenvalue weighted by atomic mass is 16.3. The van der Waals surface area contributed by atoms with E-state index in [2.05, 4.69) is 55.5 Å². The van der Waals surface area contributed by atoms with Crippen LogP contribution in [0.5, 0.6) is 0 Å². The van der Waals surface area contributed by atoms with Crippen LogP contribution in [0, 0.1) is 29.6 Å². The van der Waals surface area contributed by atoms with Crippen molar-refractivity contribution in [2.24, 2.45) is 29.6 Å². The van der Waals surface area contributed by atoms with Crippen LogP contribution in [-0.2, 0) is 0 Å². The van der Waals surface area contributed by atoms with E-state index in [1.165, 1.54) is 36.8 Å². The smallest absolute Gasteiger partial charge is 0.0793 e. The second kappa shape index (κ2) is 5.70. The maximum atomic E-state index is 11.0. The first kappa shape index (κ1) is 14.3. The summed E-state index contributed by atoms with van der Waals surface area (Å²) in [7, 11) is 0. The van der Waals surface area contributed by atoms with Crippen LogP contribution in [0.1, 0.15) is 38.2 Å². The first-order chi connectivity index (χ1) is 10.8. The van der Waals surface area contributed by atoms with Crippen molar-refractivity contribution in [2.75, 3.05) is 0 Å². The molecule has 3 aliphatic carbocycles. The van der Waals surface area contributed by atoms with E-state index in [4.69, 9.17) is 0 Å². The molecule has 0 aromatic heterocycles. The molecule has 2 bridgehead atoms. The fraction of sp³-hybridized carbons (Fsp3) is 0.524. The zero-order valence-corrected chi connectivity index (χ0v) is 13.4. The Morgan fingerprint density at radius 1 is 1.09 bits per heavy atom. The molecule has 1 heteroatoms. The zero-order chi connectivity index (χ0) is 15.1. The summed E-state index contributed by atoms with van der Waals surface area (Å²) in [6.45, 7) is 2.27. The Hall–Kier alpha value is -1.34. The molecule has 0 spiro atoms. The van der Waals surface area contributed by atoms with Crippen LogP contribution in [-0.4, -0.2) is 11.2 Å². The highest BCUT2D eigenvalue weighted by molar-refractivity contribution is 5.56. The van der Waals surface area contributed by atoms with Gasteiger partial charge in [-0.3, -0.25) is 0 Å². The second-order valence-corrected chi connectivity index (χ2v) is 7.35. The van der Waals surface area contributed by atoms with Gasteiger partial charge in [0.05, 0.1) is 6.10 Å². The minimum absolute atomic E-state index is 0.230. The predicted molar refractivity (Wildman–Crippen MR) is 91.2 cm³/mol. The van der Waals surface area contributed by atoms with Crippen LogP contribution >= 0.6 is 0 Å². The molecule has 0 heterocycles. The van der Waals surface area contributed by atoms with Gasteiger partial charge in [0.15, 0.2) is 0 Å². The van der Waals surface area contributed by atoms with Gasteiger partial charge in [0.25, 0.3) is 0 Å². The van der Waals surface area contributed by atoms with Gasteiger partial charge in [-0.25, -0.2) is 0 Å². The summed E-state index contributed by atoms with van der Waals surface area (Å²) in [5.41, 5.74) is 2.55. The number of unbranched alkanes of at least 4 members (excludes halogenated alkanes) is 1. The quantitative estimate of drug-likeness (QED) is 0.799. The van der Waals surface area contributed by atoms with Gasteiger partial charge in [-0.15, -0.1) is 0 Å². The Bertz CT molecular complexity index is 585. The molecule has 0 unspecified atom stereocenters.